The van der Waals surface area contributed by atoms with Crippen LogP contribution in [0.1, 0.15) is 0 Å². The van der Waals surface area contributed by atoms with E-state index in [1.165, 1.54) is 56.0 Å². The Kier molecular flexibility index (Phi) is 36.8. The normalized spacial score (nSPS) is 13.7. The molecule has 0 aromatic heterocycles. The average molecular weight is 1120 g/mol. The predicted molar refractivity (Wildman–Crippen MR) is 213 cm³/mol. The molecule has 0 aliphatic carbocycles. The Balaban J connectivity index is -0.000000169. The fourth-order valence-corrected chi connectivity index (χ4v) is 18.1. The minimum absolute atomic E-state index is 0. The van der Waals surface area contributed by atoms with Crippen molar-refractivity contribution in [2.45, 2.75) is 0 Å². The van der Waals surface area contributed by atoms with Crippen molar-refractivity contribution < 1.29 is 118 Å². The van der Waals surface area contributed by atoms with E-state index in [4.69, 9.17) is 50.2 Å². The topological polar surface area (TPSA) is 353 Å². The second-order valence-electron chi connectivity index (χ2n) is 14.1. The summed E-state index contributed by atoms with van der Waals surface area (Å²) in [6, 6.07) is 0. The van der Waals surface area contributed by atoms with Gasteiger partial charge in [-0.05, 0) is 169 Å². The molecule has 29 nitrogen and oxygen atoms in total. The third-order valence-corrected chi connectivity index (χ3v) is 23.9. The van der Waals surface area contributed by atoms with E-state index in [1.807, 2.05) is 0 Å². The van der Waals surface area contributed by atoms with Crippen molar-refractivity contribution >= 4 is 46.0 Å². The molecule has 0 amide bonds. The molecule has 0 heterocycles. The Bertz CT molecular complexity index is 1210. The molecule has 0 bridgehead atoms. The SMILES string of the molecule is CN(C)P(=O)(OP(=O)(N(C)C)N(C)C)N(C)C.CN(C)P(=O)(OP(=O)(N(C)C)N(C)C)N(C)C.CN(C)P(=O)(OP(=O)(N(C)C)N(C)C)N(C)C.[O-][Cl+3]([O-])([O-])[O-].[O-][Cl+3]([O-])([O-])[O-].[Zn+2]. The maximum Gasteiger partial charge on any atom is 2.00 e. The molecule has 0 aliphatic rings. The molecule has 0 atom stereocenters. The van der Waals surface area contributed by atoms with Crippen LogP contribution in [0, 0.1) is 20.5 Å². The van der Waals surface area contributed by atoms with Gasteiger partial charge in [0.2, 0.25) is 0 Å². The van der Waals surface area contributed by atoms with Gasteiger partial charge in [0.15, 0.2) is 0 Å². The summed E-state index contributed by atoms with van der Waals surface area (Å²) in [5.41, 5.74) is 0. The van der Waals surface area contributed by atoms with Crippen LogP contribution in [0.25, 0.3) is 0 Å². The molecule has 62 heavy (non-hydrogen) atoms. The van der Waals surface area contributed by atoms with Gasteiger partial charge in [0.1, 0.15) is 0 Å². The summed E-state index contributed by atoms with van der Waals surface area (Å²) in [6.07, 6.45) is 0. The van der Waals surface area contributed by atoms with Gasteiger partial charge in [-0.25, -0.2) is 106 Å². The molecule has 0 aromatic carbocycles. The Morgan fingerprint density at radius 1 is 0.242 bits per heavy atom. The van der Waals surface area contributed by atoms with Crippen LogP contribution in [0.2, 0.25) is 0 Å². The molecule has 0 fully saturated rings. The van der Waals surface area contributed by atoms with Crippen LogP contribution < -0.4 is 37.3 Å². The predicted octanol–water partition coefficient (Wildman–Crippen LogP) is -5.12. The number of hydrogen-bond acceptors (Lipinski definition) is 17. The van der Waals surface area contributed by atoms with Crippen LogP contribution in [-0.4, -0.2) is 225 Å². The maximum absolute atomic E-state index is 12.6. The molecule has 0 unspecified atom stereocenters. The van der Waals surface area contributed by atoms with E-state index in [-0.39, 0.29) is 19.5 Å². The molecule has 0 rings (SSSR count). The third-order valence-electron chi connectivity index (χ3n) is 6.70. The molecule has 376 valence electrons. The van der Waals surface area contributed by atoms with Gasteiger partial charge in [-0.2, -0.15) is 0 Å². The standard InChI is InChI=1S/3C8H24N4O3P2.2ClHO4.Zn/c3*1-9(2)16(13,10(3)4)15-17(14,11(5)6)12(7)8;2*2-1(3,4)5;/h3*1-8H3;2*(H,2,3,4,5);/q;;;;;+2/p-2. The van der Waals surface area contributed by atoms with E-state index in [0.29, 0.717) is 0 Å². The van der Waals surface area contributed by atoms with Crippen molar-refractivity contribution in [3.63, 3.8) is 0 Å². The van der Waals surface area contributed by atoms with Gasteiger partial charge < -0.3 is 0 Å². The molecule has 0 spiro atoms. The van der Waals surface area contributed by atoms with Gasteiger partial charge in [0.05, 0.1) is 0 Å². The van der Waals surface area contributed by atoms with Gasteiger partial charge in [0.25, 0.3) is 0 Å². The Hall–Kier alpha value is 1.66. The second-order valence-corrected chi connectivity index (χ2v) is 33.1. The molecule has 0 radical (unpaired) electrons. The third kappa shape index (κ3) is 27.0. The van der Waals surface area contributed by atoms with Crippen molar-refractivity contribution in [1.29, 1.82) is 0 Å². The zero-order chi connectivity index (χ0) is 51.0. The fourth-order valence-electron chi connectivity index (χ4n) is 3.44. The van der Waals surface area contributed by atoms with Gasteiger partial charge in [0, 0.05) is 0 Å². The molecule has 38 heteroatoms. The smallest absolute Gasteiger partial charge is 0.255 e. The number of nitrogens with zero attached hydrogens (tertiary/aromatic N) is 12. The first kappa shape index (κ1) is 75.2. The van der Waals surface area contributed by atoms with Crippen LogP contribution in [-0.2, 0) is 59.8 Å². The quantitative estimate of drug-likeness (QED) is 0.0915. The monoisotopic (exact) mass is 1120 g/mol. The summed E-state index contributed by atoms with van der Waals surface area (Å²) in [5, 5.41) is 0. The summed E-state index contributed by atoms with van der Waals surface area (Å²) in [7, 11) is 9.73. The molecule has 0 aliphatic heterocycles. The summed E-state index contributed by atoms with van der Waals surface area (Å²) in [6.45, 7) is 0. The number of hydrogen-bond donors (Lipinski definition) is 0. The van der Waals surface area contributed by atoms with Crippen LogP contribution in [0.3, 0.4) is 0 Å². The number of halogens is 2. The summed E-state index contributed by atoms with van der Waals surface area (Å²) < 4.78 is 178. The Labute approximate surface area is 387 Å². The molecular weight excluding hydrogens is 1050 g/mol. The minimum Gasteiger partial charge on any atom is -0.255 e. The Morgan fingerprint density at radius 2 is 0.290 bits per heavy atom. The average Bonchev–Trinajstić information content (AvgIpc) is 3.02. The van der Waals surface area contributed by atoms with Crippen LogP contribution >= 0.6 is 46.0 Å². The van der Waals surface area contributed by atoms with E-state index in [1.54, 1.807) is 169 Å². The fraction of sp³-hybridized carbons (Fsp3) is 1.00. The van der Waals surface area contributed by atoms with Crippen LogP contribution in [0.15, 0.2) is 0 Å². The zero-order valence-electron chi connectivity index (χ0n) is 40.5. The van der Waals surface area contributed by atoms with Crippen LogP contribution in [0.5, 0.6) is 0 Å². The zero-order valence-corrected chi connectivity index (χ0v) is 50.3. The van der Waals surface area contributed by atoms with E-state index in [9.17, 15) is 27.4 Å². The second kappa shape index (κ2) is 30.3. The van der Waals surface area contributed by atoms with Crippen LogP contribution in [0.4, 0.5) is 0 Å². The van der Waals surface area contributed by atoms with Crippen molar-refractivity contribution in [3.8, 4) is 0 Å². The molecule has 0 saturated heterocycles. The first-order valence-corrected chi connectivity index (χ1v) is 28.2. The number of rotatable bonds is 18. The van der Waals surface area contributed by atoms with E-state index < -0.39 is 66.5 Å². The largest absolute Gasteiger partial charge is 2.00 e. The van der Waals surface area contributed by atoms with Gasteiger partial charge >= 0.3 is 65.5 Å². The first-order chi connectivity index (χ1) is 26.4. The van der Waals surface area contributed by atoms with Crippen molar-refractivity contribution in [1.82, 2.24) is 56.0 Å². The first-order valence-electron chi connectivity index (χ1n) is 16.6. The maximum atomic E-state index is 12.6. The van der Waals surface area contributed by atoms with E-state index in [0.717, 1.165) is 0 Å². The Morgan fingerprint density at radius 3 is 0.323 bits per heavy atom. The van der Waals surface area contributed by atoms with E-state index in [2.05, 4.69) is 0 Å². The van der Waals surface area contributed by atoms with Gasteiger partial charge in [-0.3, -0.25) is 27.4 Å². The van der Waals surface area contributed by atoms with Gasteiger partial charge in [-0.1, -0.05) is 0 Å². The van der Waals surface area contributed by atoms with Crippen molar-refractivity contribution in [3.05, 3.63) is 0 Å². The molecule has 0 N–H and O–H groups in total. The molecule has 0 aromatic rings. The van der Waals surface area contributed by atoms with Crippen molar-refractivity contribution in [2.24, 2.45) is 0 Å². The molecule has 0 saturated carbocycles. The molecular formula is C24H72Cl2N12O17P6Zn. The summed E-state index contributed by atoms with van der Waals surface area (Å²) >= 11 is 0. The summed E-state index contributed by atoms with van der Waals surface area (Å²) in [4.78, 5) is 0. The van der Waals surface area contributed by atoms with E-state index >= 15 is 0 Å². The van der Waals surface area contributed by atoms with Crippen molar-refractivity contribution in [2.75, 3.05) is 169 Å². The minimum atomic E-state index is -4.94. The summed E-state index contributed by atoms with van der Waals surface area (Å²) in [5.74, 6) is 0. The van der Waals surface area contributed by atoms with Gasteiger partial charge in [-0.15, -0.1) is 20.5 Å².